The predicted molar refractivity (Wildman–Crippen MR) is 124 cm³/mol. The second-order valence-corrected chi connectivity index (χ2v) is 9.25. The summed E-state index contributed by atoms with van der Waals surface area (Å²) in [4.78, 5) is 8.64. The Bertz CT molecular complexity index is 1510. The fraction of sp³-hybridized carbons (Fsp3) is 0.320. The minimum atomic E-state index is -4.44. The van der Waals surface area contributed by atoms with Gasteiger partial charge in [-0.2, -0.15) is 18.3 Å². The van der Waals surface area contributed by atoms with Crippen LogP contribution in [0.4, 0.5) is 23.4 Å². The molecule has 7 nitrogen and oxygen atoms in total. The highest BCUT2D eigenvalue weighted by Gasteiger charge is 2.38. The molecular weight excluding hydrogens is 476 g/mol. The van der Waals surface area contributed by atoms with Gasteiger partial charge < -0.3 is 15.0 Å². The smallest absolute Gasteiger partial charge is 0.394 e. The van der Waals surface area contributed by atoms with Crippen molar-refractivity contribution in [2.45, 2.75) is 44.5 Å². The minimum absolute atomic E-state index is 0.0715. The van der Waals surface area contributed by atoms with Gasteiger partial charge in [-0.15, -0.1) is 0 Å². The van der Waals surface area contributed by atoms with Gasteiger partial charge in [-0.1, -0.05) is 0 Å². The molecule has 2 bridgehead atoms. The number of alkyl halides is 3. The fourth-order valence-electron chi connectivity index (χ4n) is 5.33. The topological polar surface area (TPSA) is 83.8 Å². The predicted octanol–water partition coefficient (Wildman–Crippen LogP) is 5.16. The van der Waals surface area contributed by atoms with Crippen molar-refractivity contribution in [1.29, 1.82) is 0 Å². The Kier molecular flexibility index (Phi) is 4.89. The van der Waals surface area contributed by atoms with Crippen LogP contribution in [0.15, 0.2) is 36.7 Å². The normalized spacial score (nSPS) is 18.5. The van der Waals surface area contributed by atoms with Gasteiger partial charge in [0.2, 0.25) is 0 Å². The van der Waals surface area contributed by atoms with Gasteiger partial charge in [0, 0.05) is 48.1 Å². The molecule has 0 aliphatic carbocycles. The standard InChI is InChI=1S/C25H22F4N6O/c1-12-16-8-14(26)3-4-15(16)22-17(11-34(2)33-22)19-5-6-21-32-18(9-25(27,28)29)23(35(19)21)13-7-20(36-12)24(30)31-10-13/h3-4,7-8,10-12,19H,5-6,9H2,1-2H3,(H2,30,31)/t12-,19-/m1/s1. The van der Waals surface area contributed by atoms with E-state index in [2.05, 4.69) is 15.1 Å². The highest BCUT2D eigenvalue weighted by molar-refractivity contribution is 5.71. The number of pyridine rings is 1. The average molecular weight is 498 g/mol. The Labute approximate surface area is 203 Å². The molecule has 11 heteroatoms. The number of hydrogen-bond donors (Lipinski definition) is 1. The van der Waals surface area contributed by atoms with E-state index in [1.807, 2.05) is 10.8 Å². The van der Waals surface area contributed by atoms with Crippen molar-refractivity contribution in [1.82, 2.24) is 24.3 Å². The summed E-state index contributed by atoms with van der Waals surface area (Å²) >= 11 is 0. The zero-order chi connectivity index (χ0) is 25.4. The Morgan fingerprint density at radius 3 is 2.78 bits per heavy atom. The first kappa shape index (κ1) is 22.6. The maximum absolute atomic E-state index is 14.4. The van der Waals surface area contributed by atoms with Crippen molar-refractivity contribution in [3.63, 3.8) is 0 Å². The van der Waals surface area contributed by atoms with Gasteiger partial charge in [0.25, 0.3) is 0 Å². The summed E-state index contributed by atoms with van der Waals surface area (Å²) < 4.78 is 64.7. The van der Waals surface area contributed by atoms with Crippen LogP contribution in [0.5, 0.6) is 5.75 Å². The lowest BCUT2D eigenvalue weighted by molar-refractivity contribution is -0.127. The van der Waals surface area contributed by atoms with Crippen molar-refractivity contribution in [3.05, 3.63) is 65.1 Å². The summed E-state index contributed by atoms with van der Waals surface area (Å²) in [6.45, 7) is 1.76. The third-order valence-electron chi connectivity index (χ3n) is 6.76. The van der Waals surface area contributed by atoms with E-state index in [4.69, 9.17) is 10.5 Å². The largest absolute Gasteiger partial charge is 0.482 e. The second kappa shape index (κ2) is 7.81. The molecule has 0 saturated carbocycles. The van der Waals surface area contributed by atoms with Gasteiger partial charge in [-0.25, -0.2) is 14.4 Å². The molecule has 36 heavy (non-hydrogen) atoms. The third-order valence-corrected chi connectivity index (χ3v) is 6.76. The quantitative estimate of drug-likeness (QED) is 0.367. The lowest BCUT2D eigenvalue weighted by Gasteiger charge is -2.23. The number of rotatable bonds is 1. The molecule has 3 aromatic heterocycles. The number of halogens is 4. The molecule has 6 rings (SSSR count). The van der Waals surface area contributed by atoms with Crippen LogP contribution in [-0.2, 0) is 19.9 Å². The number of aromatic nitrogens is 5. The van der Waals surface area contributed by atoms with Crippen LogP contribution >= 0.6 is 0 Å². The Morgan fingerprint density at radius 2 is 2.00 bits per heavy atom. The van der Waals surface area contributed by atoms with Crippen LogP contribution in [0.25, 0.3) is 22.5 Å². The first-order valence-corrected chi connectivity index (χ1v) is 11.5. The number of nitrogens with two attached hydrogens (primary N) is 1. The van der Waals surface area contributed by atoms with Crippen LogP contribution in [0.2, 0.25) is 0 Å². The molecule has 5 heterocycles. The lowest BCUT2D eigenvalue weighted by Crippen LogP contribution is -2.15. The molecule has 0 saturated heterocycles. The molecule has 4 aromatic rings. The van der Waals surface area contributed by atoms with E-state index < -0.39 is 24.5 Å². The summed E-state index contributed by atoms with van der Waals surface area (Å²) in [5.41, 5.74) is 9.45. The van der Waals surface area contributed by atoms with E-state index in [1.54, 1.807) is 30.8 Å². The maximum Gasteiger partial charge on any atom is 0.394 e. The first-order valence-electron chi connectivity index (χ1n) is 11.5. The minimum Gasteiger partial charge on any atom is -0.482 e. The van der Waals surface area contributed by atoms with Gasteiger partial charge >= 0.3 is 6.18 Å². The van der Waals surface area contributed by atoms with Gasteiger partial charge in [0.15, 0.2) is 11.6 Å². The summed E-state index contributed by atoms with van der Waals surface area (Å²) in [6.07, 6.45) is -1.82. The molecule has 0 fully saturated rings. The Hall–Kier alpha value is -3.89. The van der Waals surface area contributed by atoms with E-state index in [1.165, 1.54) is 18.3 Å². The van der Waals surface area contributed by atoms with Crippen LogP contribution in [-0.4, -0.2) is 30.5 Å². The van der Waals surface area contributed by atoms with Gasteiger partial charge in [0.05, 0.1) is 29.5 Å². The third kappa shape index (κ3) is 3.61. The number of nitrogens with zero attached hydrogens (tertiary/aromatic N) is 5. The van der Waals surface area contributed by atoms with Crippen LogP contribution in [0.3, 0.4) is 0 Å². The molecule has 1 aromatic carbocycles. The number of aryl methyl sites for hydroxylation is 2. The van der Waals surface area contributed by atoms with Crippen LogP contribution < -0.4 is 10.5 Å². The molecule has 2 atom stereocenters. The maximum atomic E-state index is 14.4. The van der Waals surface area contributed by atoms with Gasteiger partial charge in [-0.05, 0) is 37.6 Å². The fourth-order valence-corrected chi connectivity index (χ4v) is 5.33. The first-order chi connectivity index (χ1) is 17.1. The van der Waals surface area contributed by atoms with E-state index in [9.17, 15) is 17.6 Å². The summed E-state index contributed by atoms with van der Waals surface area (Å²) in [5.74, 6) is 0.410. The van der Waals surface area contributed by atoms with Crippen molar-refractivity contribution < 1.29 is 22.3 Å². The number of hydrogen-bond acceptors (Lipinski definition) is 5. The number of nitrogen functional groups attached to an aromatic ring is 1. The van der Waals surface area contributed by atoms with Gasteiger partial charge in [0.1, 0.15) is 17.7 Å². The molecular formula is C25H22F4N6O. The highest BCUT2D eigenvalue weighted by atomic mass is 19.4. The molecule has 2 aliphatic rings. The molecule has 0 radical (unpaired) electrons. The second-order valence-electron chi connectivity index (χ2n) is 9.25. The highest BCUT2D eigenvalue weighted by Crippen LogP contribution is 2.45. The number of imidazole rings is 1. The number of anilines is 1. The summed E-state index contributed by atoms with van der Waals surface area (Å²) in [7, 11) is 1.78. The van der Waals surface area contributed by atoms with Crippen molar-refractivity contribution in [2.24, 2.45) is 7.05 Å². The Balaban J connectivity index is 1.68. The van der Waals surface area contributed by atoms with E-state index in [0.29, 0.717) is 46.7 Å². The SMILES string of the molecule is C[C@H]1Oc2cc(cnc2N)-c2c(CC(F)(F)F)nc3n2[C@H](CC3)c2cn(C)nc2-c2ccc(F)cc21. The summed E-state index contributed by atoms with van der Waals surface area (Å²) in [6, 6.07) is 5.68. The number of ether oxygens (including phenoxy) is 1. The van der Waals surface area contributed by atoms with Crippen molar-refractivity contribution in [3.8, 4) is 28.3 Å². The zero-order valence-electron chi connectivity index (χ0n) is 19.5. The van der Waals surface area contributed by atoms with Gasteiger partial charge in [-0.3, -0.25) is 4.68 Å². The van der Waals surface area contributed by atoms with Crippen molar-refractivity contribution >= 4 is 5.82 Å². The molecule has 0 unspecified atom stereocenters. The van der Waals surface area contributed by atoms with E-state index in [0.717, 1.165) is 5.56 Å². The zero-order valence-corrected chi connectivity index (χ0v) is 19.5. The summed E-state index contributed by atoms with van der Waals surface area (Å²) in [5, 5.41) is 4.68. The van der Waals surface area contributed by atoms with Crippen molar-refractivity contribution in [2.75, 3.05) is 5.73 Å². The molecule has 2 N–H and O–H groups in total. The lowest BCUT2D eigenvalue weighted by atomic mass is 9.94. The molecule has 186 valence electrons. The van der Waals surface area contributed by atoms with E-state index >= 15 is 0 Å². The monoisotopic (exact) mass is 498 g/mol. The van der Waals surface area contributed by atoms with Crippen LogP contribution in [0.1, 0.15) is 48.1 Å². The van der Waals surface area contributed by atoms with E-state index in [-0.39, 0.29) is 23.3 Å². The molecule has 0 amide bonds. The van der Waals surface area contributed by atoms with Crippen LogP contribution in [0, 0.1) is 5.82 Å². The molecule has 2 aliphatic heterocycles. The number of benzene rings is 1. The number of fused-ring (bicyclic) bond motifs is 7. The average Bonchev–Trinajstić information content (AvgIpc) is 3.46. The molecule has 0 spiro atoms. The Morgan fingerprint density at radius 1 is 1.19 bits per heavy atom.